The van der Waals surface area contributed by atoms with Gasteiger partial charge in [-0.1, -0.05) is 7.43 Å². The first-order valence-electron chi connectivity index (χ1n) is 12.2. The minimum atomic E-state index is 0. The molecule has 2 aliphatic heterocycles. The molecule has 0 aromatic carbocycles. The number of amides is 2. The van der Waals surface area contributed by atoms with Crippen LogP contribution in [0.1, 0.15) is 79.6 Å². The quantitative estimate of drug-likeness (QED) is 0.533. The van der Waals surface area contributed by atoms with Gasteiger partial charge in [0.2, 0.25) is 11.8 Å². The summed E-state index contributed by atoms with van der Waals surface area (Å²) in [5, 5.41) is 0. The molecule has 0 bridgehead atoms. The van der Waals surface area contributed by atoms with Gasteiger partial charge in [-0.15, -0.1) is 0 Å². The van der Waals surface area contributed by atoms with Gasteiger partial charge in [0.05, 0.1) is 0 Å². The molecule has 2 amide bonds. The Morgan fingerprint density at radius 1 is 0.781 bits per heavy atom. The van der Waals surface area contributed by atoms with Gasteiger partial charge < -0.3 is 9.80 Å². The van der Waals surface area contributed by atoms with Crippen molar-refractivity contribution in [3.05, 3.63) is 0 Å². The Kier molecular flexibility index (Phi) is 13.1. The summed E-state index contributed by atoms with van der Waals surface area (Å²) >= 11 is 0. The number of hydrogen-bond donors (Lipinski definition) is 0. The number of carbonyl (C=O) groups excluding carboxylic acids is 3. The summed E-state index contributed by atoms with van der Waals surface area (Å²) in [5.41, 5.74) is 0. The molecular formula is C25H45N3O3Y. The molecule has 3 fully saturated rings. The number of Topliss-reactive ketones (excluding diaryl/α,β-unsaturated/α-hetero) is 1. The predicted molar refractivity (Wildman–Crippen MR) is 125 cm³/mol. The van der Waals surface area contributed by atoms with Crippen LogP contribution in [-0.2, 0) is 47.1 Å². The SMILES string of the molecule is C.CC(=O)C1CCC(C(=O)N2CCC(CCC(=O)N3CCN(C(C)C)CC3)CC2)CC1.[Y]. The topological polar surface area (TPSA) is 60.9 Å². The Balaban J connectivity index is 0.00000256. The number of piperidine rings is 1. The molecular weight excluding hydrogens is 479 g/mol. The van der Waals surface area contributed by atoms with Gasteiger partial charge >= 0.3 is 0 Å². The largest absolute Gasteiger partial charge is 0.342 e. The number of ketones is 1. The van der Waals surface area contributed by atoms with Crippen LogP contribution >= 0.6 is 0 Å². The average molecular weight is 525 g/mol. The van der Waals surface area contributed by atoms with Crippen LogP contribution in [-0.4, -0.2) is 77.6 Å². The van der Waals surface area contributed by atoms with Crippen molar-refractivity contribution in [1.29, 1.82) is 0 Å². The van der Waals surface area contributed by atoms with Crippen molar-refractivity contribution in [3.8, 4) is 0 Å². The molecule has 0 aromatic heterocycles. The second kappa shape index (κ2) is 14.2. The third kappa shape index (κ3) is 8.16. The van der Waals surface area contributed by atoms with Crippen LogP contribution in [0.4, 0.5) is 0 Å². The second-order valence-corrected chi connectivity index (χ2v) is 9.98. The fourth-order valence-corrected chi connectivity index (χ4v) is 5.42. The molecule has 0 unspecified atom stereocenters. The number of carbonyl (C=O) groups is 3. The minimum absolute atomic E-state index is 0. The molecule has 2 heterocycles. The van der Waals surface area contributed by atoms with E-state index in [1.165, 1.54) is 0 Å². The first-order chi connectivity index (χ1) is 14.3. The van der Waals surface area contributed by atoms with Gasteiger partial charge in [0.1, 0.15) is 5.78 Å². The molecule has 1 saturated carbocycles. The van der Waals surface area contributed by atoms with E-state index >= 15 is 0 Å². The van der Waals surface area contributed by atoms with Gasteiger partial charge in [0.15, 0.2) is 0 Å². The first-order valence-corrected chi connectivity index (χ1v) is 12.2. The molecule has 6 nitrogen and oxygen atoms in total. The fourth-order valence-electron chi connectivity index (χ4n) is 5.42. The van der Waals surface area contributed by atoms with Gasteiger partial charge in [-0.2, -0.15) is 0 Å². The first kappa shape index (κ1) is 29.7. The van der Waals surface area contributed by atoms with Crippen molar-refractivity contribution in [2.24, 2.45) is 17.8 Å². The summed E-state index contributed by atoms with van der Waals surface area (Å²) in [6.07, 6.45) is 7.10. The van der Waals surface area contributed by atoms with E-state index in [0.29, 0.717) is 30.2 Å². The Bertz CT molecular complexity index is 604. The number of nitrogens with zero attached hydrogens (tertiary/aromatic N) is 3. The number of likely N-dealkylation sites (tertiary alicyclic amines) is 1. The van der Waals surface area contributed by atoms with Crippen LogP contribution in [0.5, 0.6) is 0 Å². The van der Waals surface area contributed by atoms with Crippen molar-refractivity contribution in [2.45, 2.75) is 85.6 Å². The van der Waals surface area contributed by atoms with Gasteiger partial charge in [0, 0.05) is 96.3 Å². The average Bonchev–Trinajstić information content (AvgIpc) is 2.77. The zero-order valence-electron chi connectivity index (χ0n) is 19.9. The normalized spacial score (nSPS) is 25.1. The molecule has 3 rings (SSSR count). The van der Waals surface area contributed by atoms with E-state index in [2.05, 4.69) is 18.7 Å². The minimum Gasteiger partial charge on any atom is -0.342 e. The monoisotopic (exact) mass is 524 g/mol. The molecule has 0 N–H and O–H groups in total. The van der Waals surface area contributed by atoms with E-state index in [1.54, 1.807) is 6.92 Å². The van der Waals surface area contributed by atoms with E-state index in [1.807, 2.05) is 9.80 Å². The van der Waals surface area contributed by atoms with Crippen LogP contribution in [0.2, 0.25) is 0 Å². The number of rotatable bonds is 6. The van der Waals surface area contributed by atoms with E-state index in [0.717, 1.165) is 84.2 Å². The van der Waals surface area contributed by atoms with Crippen molar-refractivity contribution < 1.29 is 47.1 Å². The Hall–Kier alpha value is -0.326. The summed E-state index contributed by atoms with van der Waals surface area (Å²) < 4.78 is 0. The van der Waals surface area contributed by atoms with Crippen LogP contribution in [0, 0.1) is 17.8 Å². The summed E-state index contributed by atoms with van der Waals surface area (Å²) in [4.78, 5) is 43.5. The molecule has 1 radical (unpaired) electrons. The zero-order valence-corrected chi connectivity index (χ0v) is 22.7. The van der Waals surface area contributed by atoms with Gasteiger partial charge in [-0.25, -0.2) is 0 Å². The molecule has 181 valence electrons. The second-order valence-electron chi connectivity index (χ2n) is 9.98. The van der Waals surface area contributed by atoms with Crippen molar-refractivity contribution in [2.75, 3.05) is 39.3 Å². The maximum Gasteiger partial charge on any atom is 0.225 e. The van der Waals surface area contributed by atoms with E-state index < -0.39 is 0 Å². The molecule has 32 heavy (non-hydrogen) atoms. The van der Waals surface area contributed by atoms with E-state index in [-0.39, 0.29) is 57.8 Å². The Morgan fingerprint density at radius 3 is 1.81 bits per heavy atom. The zero-order chi connectivity index (χ0) is 21.7. The van der Waals surface area contributed by atoms with Gasteiger partial charge in [-0.3, -0.25) is 19.3 Å². The Morgan fingerprint density at radius 2 is 1.31 bits per heavy atom. The standard InChI is InChI=1S/C24H41N3O3.CH4.Y/c1-18(2)25-14-16-26(17-15-25)23(29)9-4-20-10-12-27(13-11-20)24(30)22-7-5-21(6-8-22)19(3)28;;/h18,20-22H,4-17H2,1-3H3;1H4;. The van der Waals surface area contributed by atoms with Crippen LogP contribution in [0.25, 0.3) is 0 Å². The number of hydrogen-bond acceptors (Lipinski definition) is 4. The Labute approximate surface area is 221 Å². The maximum atomic E-state index is 12.9. The van der Waals surface area contributed by atoms with Crippen LogP contribution in [0.3, 0.4) is 0 Å². The summed E-state index contributed by atoms with van der Waals surface area (Å²) in [5.74, 6) is 1.73. The summed E-state index contributed by atoms with van der Waals surface area (Å²) in [6, 6.07) is 0.555. The third-order valence-corrected chi connectivity index (χ3v) is 7.74. The summed E-state index contributed by atoms with van der Waals surface area (Å²) in [7, 11) is 0. The van der Waals surface area contributed by atoms with Gasteiger partial charge in [0.25, 0.3) is 0 Å². The smallest absolute Gasteiger partial charge is 0.225 e. The molecule has 2 saturated heterocycles. The molecule has 0 aromatic rings. The molecule has 1 aliphatic carbocycles. The van der Waals surface area contributed by atoms with Crippen molar-refractivity contribution in [3.63, 3.8) is 0 Å². The fraction of sp³-hybridized carbons (Fsp3) is 0.880. The maximum absolute atomic E-state index is 12.9. The van der Waals surface area contributed by atoms with Crippen LogP contribution in [0.15, 0.2) is 0 Å². The van der Waals surface area contributed by atoms with Crippen molar-refractivity contribution >= 4 is 17.6 Å². The van der Waals surface area contributed by atoms with E-state index in [4.69, 9.17) is 0 Å². The van der Waals surface area contributed by atoms with Gasteiger partial charge in [-0.05, 0) is 71.6 Å². The molecule has 0 spiro atoms. The molecule has 0 atom stereocenters. The summed E-state index contributed by atoms with van der Waals surface area (Å²) in [6.45, 7) is 11.4. The van der Waals surface area contributed by atoms with E-state index in [9.17, 15) is 14.4 Å². The predicted octanol–water partition coefficient (Wildman–Crippen LogP) is 3.59. The molecule has 3 aliphatic rings. The third-order valence-electron chi connectivity index (χ3n) is 7.74. The van der Waals surface area contributed by atoms with Crippen molar-refractivity contribution in [1.82, 2.24) is 14.7 Å². The number of piperazine rings is 1. The molecule has 7 heteroatoms. The van der Waals surface area contributed by atoms with Crippen LogP contribution < -0.4 is 0 Å².